The maximum absolute atomic E-state index is 12.2. The lowest BCUT2D eigenvalue weighted by Gasteiger charge is -2.13. The van der Waals surface area contributed by atoms with Crippen molar-refractivity contribution in [2.24, 2.45) is 0 Å². The van der Waals surface area contributed by atoms with E-state index in [2.05, 4.69) is 4.72 Å². The highest BCUT2D eigenvalue weighted by Gasteiger charge is 2.15. The number of nitrogens with one attached hydrogen (secondary N) is 1. The van der Waals surface area contributed by atoms with Gasteiger partial charge in [0.1, 0.15) is 0 Å². The lowest BCUT2D eigenvalue weighted by molar-refractivity contribution is 0.575. The maximum atomic E-state index is 12.2. The summed E-state index contributed by atoms with van der Waals surface area (Å²) >= 11 is 0. The molecule has 0 aliphatic rings. The molecule has 2 aromatic rings. The van der Waals surface area contributed by atoms with Crippen molar-refractivity contribution >= 4 is 10.0 Å². The fraction of sp³-hybridized carbons (Fsp3) is 0.188. The van der Waals surface area contributed by atoms with E-state index in [-0.39, 0.29) is 10.8 Å². The zero-order valence-corrected chi connectivity index (χ0v) is 12.5. The van der Waals surface area contributed by atoms with Crippen LogP contribution in [0.3, 0.4) is 0 Å². The van der Waals surface area contributed by atoms with E-state index < -0.39 is 10.0 Å². The van der Waals surface area contributed by atoms with Crippen molar-refractivity contribution in [3.63, 3.8) is 0 Å². The predicted octanol–water partition coefficient (Wildman–Crippen LogP) is 2.64. The molecule has 2 aromatic carbocycles. The SMILES string of the molecule is C[C@H](CNS(=O)(=O)c1ccc(C#N)cc1)c1ccccc1. The molecule has 0 fully saturated rings. The molecule has 1 atom stereocenters. The van der Waals surface area contributed by atoms with Gasteiger partial charge in [0.05, 0.1) is 16.5 Å². The van der Waals surface area contributed by atoms with Crippen LogP contribution in [0.15, 0.2) is 59.5 Å². The Kier molecular flexibility index (Phi) is 4.73. The number of hydrogen-bond acceptors (Lipinski definition) is 3. The summed E-state index contributed by atoms with van der Waals surface area (Å²) in [5, 5.41) is 8.72. The van der Waals surface area contributed by atoms with Crippen LogP contribution in [0.25, 0.3) is 0 Å². The van der Waals surface area contributed by atoms with Gasteiger partial charge in [0.2, 0.25) is 10.0 Å². The summed E-state index contributed by atoms with van der Waals surface area (Å²) in [6, 6.07) is 17.6. The number of benzene rings is 2. The average molecular weight is 300 g/mol. The van der Waals surface area contributed by atoms with E-state index in [1.54, 1.807) is 0 Å². The Balaban J connectivity index is 2.06. The van der Waals surface area contributed by atoms with Crippen molar-refractivity contribution in [2.45, 2.75) is 17.7 Å². The Bertz CT molecular complexity index is 732. The normalized spacial score (nSPS) is 12.6. The molecule has 2 rings (SSSR count). The number of nitrogens with zero attached hydrogens (tertiary/aromatic N) is 1. The van der Waals surface area contributed by atoms with E-state index in [0.717, 1.165) is 5.56 Å². The topological polar surface area (TPSA) is 70.0 Å². The standard InChI is InChI=1S/C16H16N2O2S/c1-13(15-5-3-2-4-6-15)12-18-21(19,20)16-9-7-14(11-17)8-10-16/h2-10,13,18H,12H2,1H3/t13-/m1/s1. The number of hydrogen-bond donors (Lipinski definition) is 1. The van der Waals surface area contributed by atoms with Crippen molar-refractivity contribution < 1.29 is 8.42 Å². The molecular weight excluding hydrogens is 284 g/mol. The van der Waals surface area contributed by atoms with Crippen LogP contribution < -0.4 is 4.72 Å². The van der Waals surface area contributed by atoms with E-state index in [1.165, 1.54) is 24.3 Å². The van der Waals surface area contributed by atoms with Crippen LogP contribution in [0.4, 0.5) is 0 Å². The minimum absolute atomic E-state index is 0.0827. The summed E-state index contributed by atoms with van der Waals surface area (Å²) in [6.07, 6.45) is 0. The molecule has 0 saturated heterocycles. The molecule has 0 radical (unpaired) electrons. The van der Waals surface area contributed by atoms with Crippen LogP contribution in [0.1, 0.15) is 24.0 Å². The first-order chi connectivity index (χ1) is 10.0. The predicted molar refractivity (Wildman–Crippen MR) is 81.2 cm³/mol. The third kappa shape index (κ3) is 3.91. The van der Waals surface area contributed by atoms with Gasteiger partial charge in [0, 0.05) is 6.54 Å². The zero-order chi connectivity index (χ0) is 15.3. The van der Waals surface area contributed by atoms with Gasteiger partial charge in [-0.2, -0.15) is 5.26 Å². The monoisotopic (exact) mass is 300 g/mol. The van der Waals surface area contributed by atoms with Gasteiger partial charge in [-0.25, -0.2) is 13.1 Å². The molecule has 0 aromatic heterocycles. The summed E-state index contributed by atoms with van der Waals surface area (Å²) in [7, 11) is -3.55. The smallest absolute Gasteiger partial charge is 0.211 e. The first-order valence-corrected chi connectivity index (χ1v) is 8.06. The van der Waals surface area contributed by atoms with Crippen LogP contribution in [0, 0.1) is 11.3 Å². The highest BCUT2D eigenvalue weighted by molar-refractivity contribution is 7.89. The molecule has 0 aliphatic heterocycles. The molecule has 0 bridgehead atoms. The summed E-state index contributed by atoms with van der Waals surface area (Å²) < 4.78 is 26.9. The lowest BCUT2D eigenvalue weighted by Crippen LogP contribution is -2.27. The molecule has 4 nitrogen and oxygen atoms in total. The number of nitriles is 1. The summed E-state index contributed by atoms with van der Waals surface area (Å²) in [6.45, 7) is 2.29. The second kappa shape index (κ2) is 6.53. The van der Waals surface area contributed by atoms with Crippen molar-refractivity contribution in [1.82, 2.24) is 4.72 Å². The Hall–Kier alpha value is -2.16. The summed E-state index contributed by atoms with van der Waals surface area (Å²) in [4.78, 5) is 0.168. The summed E-state index contributed by atoms with van der Waals surface area (Å²) in [5.41, 5.74) is 1.52. The van der Waals surface area contributed by atoms with E-state index in [9.17, 15) is 8.42 Å². The third-order valence-electron chi connectivity index (χ3n) is 3.24. The van der Waals surface area contributed by atoms with E-state index >= 15 is 0 Å². The lowest BCUT2D eigenvalue weighted by atomic mass is 10.0. The quantitative estimate of drug-likeness (QED) is 0.922. The van der Waals surface area contributed by atoms with Crippen LogP contribution in [0.5, 0.6) is 0 Å². The molecule has 5 heteroatoms. The van der Waals surface area contributed by atoms with E-state index in [0.29, 0.717) is 12.1 Å². The molecular formula is C16H16N2O2S. The third-order valence-corrected chi connectivity index (χ3v) is 4.68. The van der Waals surface area contributed by atoms with Gasteiger partial charge in [0.25, 0.3) is 0 Å². The molecule has 0 spiro atoms. The molecule has 108 valence electrons. The van der Waals surface area contributed by atoms with Gasteiger partial charge in [0.15, 0.2) is 0 Å². The minimum atomic E-state index is -3.55. The van der Waals surface area contributed by atoms with E-state index in [1.807, 2.05) is 43.3 Å². The van der Waals surface area contributed by atoms with Gasteiger partial charge in [-0.15, -0.1) is 0 Å². The maximum Gasteiger partial charge on any atom is 0.240 e. The Morgan fingerprint density at radius 3 is 2.29 bits per heavy atom. The highest BCUT2D eigenvalue weighted by Crippen LogP contribution is 2.15. The van der Waals surface area contributed by atoms with Gasteiger partial charge in [-0.05, 0) is 35.7 Å². The molecule has 0 amide bonds. The highest BCUT2D eigenvalue weighted by atomic mass is 32.2. The Labute approximate surface area is 125 Å². The van der Waals surface area contributed by atoms with Crippen LogP contribution in [0.2, 0.25) is 0 Å². The molecule has 0 unspecified atom stereocenters. The largest absolute Gasteiger partial charge is 0.240 e. The molecule has 0 heterocycles. The molecule has 0 aliphatic carbocycles. The average Bonchev–Trinajstić information content (AvgIpc) is 2.53. The van der Waals surface area contributed by atoms with Crippen molar-refractivity contribution in [1.29, 1.82) is 5.26 Å². The van der Waals surface area contributed by atoms with Crippen molar-refractivity contribution in [3.8, 4) is 6.07 Å². The Morgan fingerprint density at radius 2 is 1.71 bits per heavy atom. The zero-order valence-electron chi connectivity index (χ0n) is 11.7. The fourth-order valence-electron chi connectivity index (χ4n) is 1.93. The first-order valence-electron chi connectivity index (χ1n) is 6.58. The van der Waals surface area contributed by atoms with Crippen molar-refractivity contribution in [3.05, 3.63) is 65.7 Å². The molecule has 0 saturated carbocycles. The van der Waals surface area contributed by atoms with E-state index in [4.69, 9.17) is 5.26 Å². The van der Waals surface area contributed by atoms with Gasteiger partial charge >= 0.3 is 0 Å². The number of rotatable bonds is 5. The van der Waals surface area contributed by atoms with Gasteiger partial charge < -0.3 is 0 Å². The molecule has 21 heavy (non-hydrogen) atoms. The van der Waals surface area contributed by atoms with Crippen LogP contribution in [-0.2, 0) is 10.0 Å². The fourth-order valence-corrected chi connectivity index (χ4v) is 3.06. The van der Waals surface area contributed by atoms with Crippen LogP contribution >= 0.6 is 0 Å². The Morgan fingerprint density at radius 1 is 1.10 bits per heavy atom. The summed E-state index contributed by atoms with van der Waals surface area (Å²) in [5.74, 6) is 0.0827. The van der Waals surface area contributed by atoms with Crippen LogP contribution in [-0.4, -0.2) is 15.0 Å². The second-order valence-electron chi connectivity index (χ2n) is 4.80. The first kappa shape index (κ1) is 15.2. The van der Waals surface area contributed by atoms with Gasteiger partial charge in [-0.1, -0.05) is 37.3 Å². The number of sulfonamides is 1. The van der Waals surface area contributed by atoms with Gasteiger partial charge in [-0.3, -0.25) is 0 Å². The second-order valence-corrected chi connectivity index (χ2v) is 6.57. The minimum Gasteiger partial charge on any atom is -0.211 e. The van der Waals surface area contributed by atoms with Crippen molar-refractivity contribution in [2.75, 3.05) is 6.54 Å². The molecule has 1 N–H and O–H groups in total.